The van der Waals surface area contributed by atoms with Gasteiger partial charge in [0.05, 0.1) is 5.92 Å². The molecule has 1 aliphatic rings. The highest BCUT2D eigenvalue weighted by molar-refractivity contribution is 9.10. The van der Waals surface area contributed by atoms with Crippen LogP contribution in [0.2, 0.25) is 0 Å². The Morgan fingerprint density at radius 3 is 2.89 bits per heavy atom. The minimum absolute atomic E-state index is 0.250. The third-order valence-electron chi connectivity index (χ3n) is 2.95. The molecule has 0 atom stereocenters. The molecule has 0 saturated carbocycles. The van der Waals surface area contributed by atoms with Crippen LogP contribution in [-0.2, 0) is 0 Å². The van der Waals surface area contributed by atoms with E-state index in [1.807, 2.05) is 11.8 Å². The van der Waals surface area contributed by atoms with E-state index in [1.54, 1.807) is 6.20 Å². The van der Waals surface area contributed by atoms with Crippen molar-refractivity contribution in [1.82, 2.24) is 20.2 Å². The number of hydrogen-bond donors (Lipinski definition) is 1. The van der Waals surface area contributed by atoms with Gasteiger partial charge in [0.15, 0.2) is 17.5 Å². The normalized spacial score (nSPS) is 15.8. The Morgan fingerprint density at radius 2 is 2.28 bits per heavy atom. The Hall–Kier alpha value is -1.50. The van der Waals surface area contributed by atoms with E-state index in [1.165, 1.54) is 6.07 Å². The second-order valence-corrected chi connectivity index (χ2v) is 5.26. The minimum atomic E-state index is -0.311. The first kappa shape index (κ1) is 11.6. The summed E-state index contributed by atoms with van der Waals surface area (Å²) >= 11 is 3.19. The molecular formula is C11H11BrFN5. The van der Waals surface area contributed by atoms with Crippen molar-refractivity contribution in [3.05, 3.63) is 34.2 Å². The van der Waals surface area contributed by atoms with Crippen molar-refractivity contribution >= 4 is 21.7 Å². The fourth-order valence-corrected chi connectivity index (χ4v) is 2.30. The number of nitrogens with one attached hydrogen (secondary N) is 1. The van der Waals surface area contributed by atoms with Crippen LogP contribution in [0.4, 0.5) is 10.2 Å². The Bertz CT molecular complexity index is 579. The molecule has 1 fully saturated rings. The Labute approximate surface area is 112 Å². The summed E-state index contributed by atoms with van der Waals surface area (Å²) in [6.07, 6.45) is 1.60. The van der Waals surface area contributed by atoms with Crippen LogP contribution in [0, 0.1) is 12.7 Å². The molecule has 7 heteroatoms. The van der Waals surface area contributed by atoms with Crippen LogP contribution in [0.5, 0.6) is 0 Å². The van der Waals surface area contributed by atoms with Crippen LogP contribution in [0.3, 0.4) is 0 Å². The minimum Gasteiger partial charge on any atom is -0.353 e. The van der Waals surface area contributed by atoms with E-state index in [0.717, 1.165) is 11.6 Å². The maximum Gasteiger partial charge on any atom is 0.166 e. The third kappa shape index (κ3) is 1.98. The van der Waals surface area contributed by atoms with Crippen molar-refractivity contribution < 1.29 is 4.39 Å². The molecule has 0 amide bonds. The summed E-state index contributed by atoms with van der Waals surface area (Å²) in [5.74, 6) is 1.92. The molecule has 3 heterocycles. The summed E-state index contributed by atoms with van der Waals surface area (Å²) in [5, 5.41) is 6.93. The second kappa shape index (κ2) is 4.31. The summed E-state index contributed by atoms with van der Waals surface area (Å²) in [7, 11) is 0. The van der Waals surface area contributed by atoms with E-state index < -0.39 is 0 Å². The average molecular weight is 312 g/mol. The van der Waals surface area contributed by atoms with Gasteiger partial charge in [-0.25, -0.2) is 14.4 Å². The molecule has 0 bridgehead atoms. The van der Waals surface area contributed by atoms with Gasteiger partial charge >= 0.3 is 0 Å². The Kier molecular flexibility index (Phi) is 2.77. The standard InChI is InChI=1S/C11H11BrFN5/c1-6-15-10(17-16-6)7-4-18(5-7)11-9(13)2-8(12)3-14-11/h2-3,7H,4-5H2,1H3,(H,15,16,17). The van der Waals surface area contributed by atoms with E-state index in [0.29, 0.717) is 23.4 Å². The monoisotopic (exact) mass is 311 g/mol. The first-order valence-electron chi connectivity index (χ1n) is 5.58. The smallest absolute Gasteiger partial charge is 0.166 e. The number of H-pyrrole nitrogens is 1. The van der Waals surface area contributed by atoms with E-state index >= 15 is 0 Å². The van der Waals surface area contributed by atoms with Gasteiger partial charge in [0.1, 0.15) is 5.82 Å². The van der Waals surface area contributed by atoms with Crippen LogP contribution < -0.4 is 4.90 Å². The number of anilines is 1. The maximum absolute atomic E-state index is 13.7. The van der Waals surface area contributed by atoms with E-state index in [4.69, 9.17) is 0 Å². The highest BCUT2D eigenvalue weighted by Gasteiger charge is 2.33. The quantitative estimate of drug-likeness (QED) is 0.922. The molecule has 0 unspecified atom stereocenters. The summed E-state index contributed by atoms with van der Waals surface area (Å²) in [6.45, 7) is 3.26. The first-order valence-corrected chi connectivity index (χ1v) is 6.37. The maximum atomic E-state index is 13.7. The van der Waals surface area contributed by atoms with E-state index in [9.17, 15) is 4.39 Å². The van der Waals surface area contributed by atoms with Gasteiger partial charge in [0, 0.05) is 23.8 Å². The van der Waals surface area contributed by atoms with Crippen molar-refractivity contribution in [2.45, 2.75) is 12.8 Å². The predicted molar refractivity (Wildman–Crippen MR) is 68.0 cm³/mol. The lowest BCUT2D eigenvalue weighted by Gasteiger charge is -2.38. The number of halogens is 2. The molecule has 0 radical (unpaired) electrons. The van der Waals surface area contributed by atoms with Crippen molar-refractivity contribution in [1.29, 1.82) is 0 Å². The molecule has 18 heavy (non-hydrogen) atoms. The fourth-order valence-electron chi connectivity index (χ4n) is 2.00. The van der Waals surface area contributed by atoms with Gasteiger partial charge in [0.2, 0.25) is 0 Å². The summed E-state index contributed by atoms with van der Waals surface area (Å²) in [4.78, 5) is 10.3. The number of aryl methyl sites for hydroxylation is 1. The van der Waals surface area contributed by atoms with E-state index in [2.05, 4.69) is 36.1 Å². The molecule has 3 rings (SSSR count). The highest BCUT2D eigenvalue weighted by Crippen LogP contribution is 2.30. The highest BCUT2D eigenvalue weighted by atomic mass is 79.9. The zero-order valence-electron chi connectivity index (χ0n) is 9.69. The van der Waals surface area contributed by atoms with Gasteiger partial charge in [-0.15, -0.1) is 0 Å². The average Bonchev–Trinajstić information content (AvgIpc) is 2.66. The topological polar surface area (TPSA) is 57.7 Å². The second-order valence-electron chi connectivity index (χ2n) is 4.34. The number of aromatic nitrogens is 4. The first-order chi connectivity index (χ1) is 8.63. The van der Waals surface area contributed by atoms with Crippen molar-refractivity contribution in [2.24, 2.45) is 0 Å². The number of pyridine rings is 1. The van der Waals surface area contributed by atoms with Crippen molar-refractivity contribution in [3.8, 4) is 0 Å². The van der Waals surface area contributed by atoms with Crippen molar-refractivity contribution in [3.63, 3.8) is 0 Å². The van der Waals surface area contributed by atoms with Gasteiger partial charge in [0.25, 0.3) is 0 Å². The Balaban J connectivity index is 1.72. The largest absolute Gasteiger partial charge is 0.353 e. The van der Waals surface area contributed by atoms with Gasteiger partial charge in [-0.1, -0.05) is 0 Å². The molecule has 0 aromatic carbocycles. The van der Waals surface area contributed by atoms with E-state index in [-0.39, 0.29) is 11.7 Å². The Morgan fingerprint density at radius 1 is 1.50 bits per heavy atom. The van der Waals surface area contributed by atoms with Gasteiger partial charge < -0.3 is 4.90 Å². The molecule has 0 aliphatic carbocycles. The fraction of sp³-hybridized carbons (Fsp3) is 0.364. The summed E-state index contributed by atoms with van der Waals surface area (Å²) < 4.78 is 14.3. The third-order valence-corrected chi connectivity index (χ3v) is 3.38. The van der Waals surface area contributed by atoms with Crippen molar-refractivity contribution in [2.75, 3.05) is 18.0 Å². The van der Waals surface area contributed by atoms with Crippen LogP contribution in [0.1, 0.15) is 17.6 Å². The van der Waals surface area contributed by atoms with Gasteiger partial charge in [-0.2, -0.15) is 5.10 Å². The molecule has 1 saturated heterocycles. The summed E-state index contributed by atoms with van der Waals surface area (Å²) in [6, 6.07) is 1.42. The molecule has 2 aromatic heterocycles. The lowest BCUT2D eigenvalue weighted by Crippen LogP contribution is -2.46. The molecule has 1 aliphatic heterocycles. The molecule has 1 N–H and O–H groups in total. The zero-order chi connectivity index (χ0) is 12.7. The number of rotatable bonds is 2. The molecule has 2 aromatic rings. The zero-order valence-corrected chi connectivity index (χ0v) is 11.3. The SMILES string of the molecule is Cc1nc(C2CN(c3ncc(Br)cc3F)C2)n[nH]1. The van der Waals surface area contributed by atoms with Crippen LogP contribution in [0.15, 0.2) is 16.7 Å². The number of hydrogen-bond acceptors (Lipinski definition) is 4. The summed E-state index contributed by atoms with van der Waals surface area (Å²) in [5.41, 5.74) is 0. The molecule has 0 spiro atoms. The molecular weight excluding hydrogens is 301 g/mol. The van der Waals surface area contributed by atoms with Crippen LogP contribution in [-0.4, -0.2) is 33.3 Å². The molecule has 5 nitrogen and oxygen atoms in total. The van der Waals surface area contributed by atoms with Crippen LogP contribution >= 0.6 is 15.9 Å². The number of nitrogens with zero attached hydrogens (tertiary/aromatic N) is 4. The predicted octanol–water partition coefficient (Wildman–Crippen LogP) is 2.01. The lowest BCUT2D eigenvalue weighted by molar-refractivity contribution is 0.483. The number of aromatic amines is 1. The lowest BCUT2D eigenvalue weighted by atomic mass is 9.99. The van der Waals surface area contributed by atoms with Gasteiger partial charge in [-0.05, 0) is 28.9 Å². The van der Waals surface area contributed by atoms with Crippen LogP contribution in [0.25, 0.3) is 0 Å². The van der Waals surface area contributed by atoms with Gasteiger partial charge in [-0.3, -0.25) is 5.10 Å². The molecule has 94 valence electrons.